The van der Waals surface area contributed by atoms with Crippen molar-refractivity contribution in [2.24, 2.45) is 0 Å². The molecule has 2 aromatic heterocycles. The molecule has 0 saturated heterocycles. The van der Waals surface area contributed by atoms with Crippen LogP contribution in [0, 0.1) is 0 Å². The SMILES string of the molecule is Nc1nc(NCc2cccnc2)nc2ccccc12. The molecule has 0 aliphatic carbocycles. The highest BCUT2D eigenvalue weighted by atomic mass is 15.1. The molecule has 3 aromatic rings. The summed E-state index contributed by atoms with van der Waals surface area (Å²) < 4.78 is 0. The molecule has 0 aliphatic heterocycles. The quantitative estimate of drug-likeness (QED) is 0.746. The maximum absolute atomic E-state index is 5.92. The fourth-order valence-corrected chi connectivity index (χ4v) is 1.86. The summed E-state index contributed by atoms with van der Waals surface area (Å²) in [7, 11) is 0. The second-order valence-corrected chi connectivity index (χ2v) is 4.16. The van der Waals surface area contributed by atoms with Gasteiger partial charge >= 0.3 is 0 Å². The first-order chi connectivity index (χ1) is 9.33. The van der Waals surface area contributed by atoms with E-state index in [4.69, 9.17) is 5.73 Å². The van der Waals surface area contributed by atoms with Crippen molar-refractivity contribution in [1.82, 2.24) is 15.0 Å². The number of nitrogen functional groups attached to an aromatic ring is 1. The van der Waals surface area contributed by atoms with Gasteiger partial charge in [-0.1, -0.05) is 18.2 Å². The van der Waals surface area contributed by atoms with E-state index in [0.717, 1.165) is 16.5 Å². The molecule has 0 bridgehead atoms. The molecule has 0 saturated carbocycles. The van der Waals surface area contributed by atoms with E-state index in [1.165, 1.54) is 0 Å². The molecule has 0 aliphatic rings. The smallest absolute Gasteiger partial charge is 0.225 e. The lowest BCUT2D eigenvalue weighted by Gasteiger charge is -2.07. The lowest BCUT2D eigenvalue weighted by Crippen LogP contribution is -2.06. The Labute approximate surface area is 110 Å². The topological polar surface area (TPSA) is 76.7 Å². The molecule has 3 N–H and O–H groups in total. The molecule has 0 radical (unpaired) electrons. The molecule has 3 rings (SSSR count). The monoisotopic (exact) mass is 251 g/mol. The Bertz CT molecular complexity index is 697. The first-order valence-corrected chi connectivity index (χ1v) is 5.98. The van der Waals surface area contributed by atoms with Gasteiger partial charge in [0.1, 0.15) is 5.82 Å². The number of hydrogen-bond acceptors (Lipinski definition) is 5. The van der Waals surface area contributed by atoms with Gasteiger partial charge in [-0.3, -0.25) is 4.98 Å². The number of fused-ring (bicyclic) bond motifs is 1. The fourth-order valence-electron chi connectivity index (χ4n) is 1.86. The van der Waals surface area contributed by atoms with Crippen molar-refractivity contribution in [2.45, 2.75) is 6.54 Å². The Kier molecular flexibility index (Phi) is 2.94. The minimum absolute atomic E-state index is 0.485. The number of hydrogen-bond donors (Lipinski definition) is 2. The summed E-state index contributed by atoms with van der Waals surface area (Å²) in [5, 5.41) is 4.02. The maximum Gasteiger partial charge on any atom is 0.225 e. The number of anilines is 2. The molecule has 1 aromatic carbocycles. The van der Waals surface area contributed by atoms with Gasteiger partial charge in [0.15, 0.2) is 0 Å². The molecule has 0 spiro atoms. The molecule has 0 amide bonds. The molecule has 2 heterocycles. The zero-order valence-electron chi connectivity index (χ0n) is 10.2. The van der Waals surface area contributed by atoms with Crippen molar-refractivity contribution in [3.05, 3.63) is 54.4 Å². The average molecular weight is 251 g/mol. The van der Waals surface area contributed by atoms with Crippen LogP contribution in [0.3, 0.4) is 0 Å². The minimum atomic E-state index is 0.485. The number of para-hydroxylation sites is 1. The Morgan fingerprint density at radius 3 is 2.79 bits per heavy atom. The van der Waals surface area contributed by atoms with Gasteiger partial charge in [-0.25, -0.2) is 4.98 Å². The van der Waals surface area contributed by atoms with Gasteiger partial charge in [0.2, 0.25) is 5.95 Å². The predicted molar refractivity (Wildman–Crippen MR) is 75.5 cm³/mol. The number of benzene rings is 1. The van der Waals surface area contributed by atoms with E-state index in [9.17, 15) is 0 Å². The summed E-state index contributed by atoms with van der Waals surface area (Å²) in [6.07, 6.45) is 3.55. The van der Waals surface area contributed by atoms with Crippen LogP contribution in [-0.4, -0.2) is 15.0 Å². The Hall–Kier alpha value is -2.69. The summed E-state index contributed by atoms with van der Waals surface area (Å²) in [4.78, 5) is 12.7. The normalized spacial score (nSPS) is 10.5. The first kappa shape index (κ1) is 11.4. The van der Waals surface area contributed by atoms with Crippen LogP contribution in [0.1, 0.15) is 5.56 Å². The van der Waals surface area contributed by atoms with E-state index in [2.05, 4.69) is 20.3 Å². The first-order valence-electron chi connectivity index (χ1n) is 5.98. The minimum Gasteiger partial charge on any atom is -0.383 e. The molecule has 5 nitrogen and oxygen atoms in total. The van der Waals surface area contributed by atoms with Gasteiger partial charge in [-0.05, 0) is 23.8 Å². The molecular weight excluding hydrogens is 238 g/mol. The van der Waals surface area contributed by atoms with Crippen molar-refractivity contribution in [1.29, 1.82) is 0 Å². The second-order valence-electron chi connectivity index (χ2n) is 4.16. The van der Waals surface area contributed by atoms with Crippen LogP contribution < -0.4 is 11.1 Å². The predicted octanol–water partition coefficient (Wildman–Crippen LogP) is 2.22. The highest BCUT2D eigenvalue weighted by Crippen LogP contribution is 2.19. The van der Waals surface area contributed by atoms with E-state index in [0.29, 0.717) is 18.3 Å². The van der Waals surface area contributed by atoms with E-state index in [1.54, 1.807) is 12.4 Å². The van der Waals surface area contributed by atoms with Crippen LogP contribution in [0.15, 0.2) is 48.8 Å². The zero-order chi connectivity index (χ0) is 13.1. The van der Waals surface area contributed by atoms with Gasteiger partial charge in [-0.2, -0.15) is 4.98 Å². The van der Waals surface area contributed by atoms with Crippen LogP contribution in [0.5, 0.6) is 0 Å². The zero-order valence-corrected chi connectivity index (χ0v) is 10.2. The maximum atomic E-state index is 5.92. The average Bonchev–Trinajstić information content (AvgIpc) is 2.46. The third kappa shape index (κ3) is 2.44. The standard InChI is InChI=1S/C14H13N5/c15-13-11-5-1-2-6-12(11)18-14(19-13)17-9-10-4-3-7-16-8-10/h1-8H,9H2,(H3,15,17,18,19). The van der Waals surface area contributed by atoms with E-state index < -0.39 is 0 Å². The third-order valence-electron chi connectivity index (χ3n) is 2.81. The summed E-state index contributed by atoms with van der Waals surface area (Å²) in [6.45, 7) is 0.617. The molecule has 19 heavy (non-hydrogen) atoms. The number of pyridine rings is 1. The highest BCUT2D eigenvalue weighted by molar-refractivity contribution is 5.88. The summed E-state index contributed by atoms with van der Waals surface area (Å²) in [5.41, 5.74) is 7.83. The summed E-state index contributed by atoms with van der Waals surface area (Å²) in [5.74, 6) is 1.01. The molecule has 5 heteroatoms. The second kappa shape index (κ2) is 4.89. The lowest BCUT2D eigenvalue weighted by molar-refractivity contribution is 1.06. The third-order valence-corrected chi connectivity index (χ3v) is 2.81. The van der Waals surface area contributed by atoms with Gasteiger partial charge in [0.05, 0.1) is 5.52 Å². The van der Waals surface area contributed by atoms with Crippen LogP contribution in [0.2, 0.25) is 0 Å². The summed E-state index contributed by atoms with van der Waals surface area (Å²) in [6, 6.07) is 11.6. The Morgan fingerprint density at radius 2 is 1.95 bits per heavy atom. The van der Waals surface area contributed by atoms with Gasteiger partial charge in [0.25, 0.3) is 0 Å². The van der Waals surface area contributed by atoms with Gasteiger partial charge < -0.3 is 11.1 Å². The van der Waals surface area contributed by atoms with Crippen molar-refractivity contribution in [3.8, 4) is 0 Å². The fraction of sp³-hybridized carbons (Fsp3) is 0.0714. The lowest BCUT2D eigenvalue weighted by atomic mass is 10.2. The molecule has 0 unspecified atom stereocenters. The van der Waals surface area contributed by atoms with Crippen LogP contribution >= 0.6 is 0 Å². The van der Waals surface area contributed by atoms with Gasteiger partial charge in [0, 0.05) is 24.3 Å². The van der Waals surface area contributed by atoms with Crippen LogP contribution in [-0.2, 0) is 6.54 Å². The number of rotatable bonds is 3. The Morgan fingerprint density at radius 1 is 1.05 bits per heavy atom. The highest BCUT2D eigenvalue weighted by Gasteiger charge is 2.04. The number of aromatic nitrogens is 3. The van der Waals surface area contributed by atoms with Crippen molar-refractivity contribution in [2.75, 3.05) is 11.1 Å². The van der Waals surface area contributed by atoms with Crippen molar-refractivity contribution in [3.63, 3.8) is 0 Å². The number of nitrogens with one attached hydrogen (secondary N) is 1. The van der Waals surface area contributed by atoms with Gasteiger partial charge in [-0.15, -0.1) is 0 Å². The molecule has 0 atom stereocenters. The molecule has 94 valence electrons. The molecule has 0 fully saturated rings. The largest absolute Gasteiger partial charge is 0.383 e. The Balaban J connectivity index is 1.85. The summed E-state index contributed by atoms with van der Waals surface area (Å²) >= 11 is 0. The van der Waals surface area contributed by atoms with Crippen molar-refractivity contribution >= 4 is 22.7 Å². The van der Waals surface area contributed by atoms with Crippen molar-refractivity contribution < 1.29 is 0 Å². The number of nitrogens with zero attached hydrogens (tertiary/aromatic N) is 3. The number of nitrogens with two attached hydrogens (primary N) is 1. The molecular formula is C14H13N5. The van der Waals surface area contributed by atoms with E-state index in [1.807, 2.05) is 36.4 Å². The van der Waals surface area contributed by atoms with Crippen LogP contribution in [0.25, 0.3) is 10.9 Å². The van der Waals surface area contributed by atoms with Crippen LogP contribution in [0.4, 0.5) is 11.8 Å². The van der Waals surface area contributed by atoms with E-state index in [-0.39, 0.29) is 0 Å². The van der Waals surface area contributed by atoms with E-state index >= 15 is 0 Å².